The van der Waals surface area contributed by atoms with Crippen LogP contribution in [0.3, 0.4) is 0 Å². The van der Waals surface area contributed by atoms with Crippen molar-refractivity contribution < 1.29 is 31.9 Å². The number of anilines is 1. The van der Waals surface area contributed by atoms with Crippen molar-refractivity contribution >= 4 is 29.2 Å². The summed E-state index contributed by atoms with van der Waals surface area (Å²) in [6, 6.07) is 4.36. The molecule has 0 saturated heterocycles. The van der Waals surface area contributed by atoms with Crippen LogP contribution in [0.25, 0.3) is 0 Å². The summed E-state index contributed by atoms with van der Waals surface area (Å²) in [7, 11) is 0. The van der Waals surface area contributed by atoms with Gasteiger partial charge in [-0.05, 0) is 19.1 Å². The highest BCUT2D eigenvalue weighted by Gasteiger charge is 2.63. The summed E-state index contributed by atoms with van der Waals surface area (Å²) >= 11 is 5.19. The van der Waals surface area contributed by atoms with Crippen molar-refractivity contribution in [3.63, 3.8) is 0 Å². The second kappa shape index (κ2) is 7.49. The van der Waals surface area contributed by atoms with Crippen molar-refractivity contribution in [1.29, 1.82) is 0 Å². The molecule has 1 unspecified atom stereocenters. The van der Waals surface area contributed by atoms with Gasteiger partial charge in [0.2, 0.25) is 5.91 Å². The van der Waals surface area contributed by atoms with E-state index < -0.39 is 41.1 Å². The first kappa shape index (κ1) is 19.0. The van der Waals surface area contributed by atoms with E-state index in [1.807, 2.05) is 0 Å². The Hall–Kier alpha value is -2.03. The molecule has 0 aliphatic rings. The smallest absolute Gasteiger partial charge is 0.441 e. The minimum Gasteiger partial charge on any atom is -0.463 e. The summed E-state index contributed by atoms with van der Waals surface area (Å²) < 4.78 is 58.6. The topological polar surface area (TPSA) is 67.4 Å². The molecule has 1 aromatic carbocycles. The number of esters is 1. The van der Waals surface area contributed by atoms with E-state index in [0.29, 0.717) is 0 Å². The lowest BCUT2D eigenvalue weighted by Crippen LogP contribution is -2.69. The molecular formula is C13H13ClF4N2O3. The van der Waals surface area contributed by atoms with Crippen LogP contribution in [-0.4, -0.2) is 36.2 Å². The summed E-state index contributed by atoms with van der Waals surface area (Å²) in [5.41, 5.74) is -4.32. The van der Waals surface area contributed by atoms with Crippen LogP contribution in [0.5, 0.6) is 0 Å². The Bertz CT molecular complexity index is 583. The van der Waals surface area contributed by atoms with Crippen molar-refractivity contribution in [2.24, 2.45) is 0 Å². The maximum atomic E-state index is 13.7. The maximum Gasteiger partial charge on any atom is 0.441 e. The van der Waals surface area contributed by atoms with E-state index in [1.165, 1.54) is 24.4 Å². The van der Waals surface area contributed by atoms with Gasteiger partial charge in [0.15, 0.2) is 0 Å². The van der Waals surface area contributed by atoms with Crippen LogP contribution >= 0.6 is 11.6 Å². The molecule has 5 nitrogen and oxygen atoms in total. The molecule has 0 heterocycles. The Balaban J connectivity index is 3.39. The van der Waals surface area contributed by atoms with Crippen LogP contribution in [0.2, 0.25) is 0 Å². The number of ether oxygens (including phenoxy) is 1. The van der Waals surface area contributed by atoms with Crippen molar-refractivity contribution in [2.75, 3.05) is 17.8 Å². The van der Waals surface area contributed by atoms with Crippen LogP contribution in [0, 0.1) is 5.82 Å². The molecule has 1 amide bonds. The van der Waals surface area contributed by atoms with Gasteiger partial charge in [-0.1, -0.05) is 12.1 Å². The number of para-hydroxylation sites is 1. The lowest BCUT2D eigenvalue weighted by molar-refractivity contribution is -0.207. The van der Waals surface area contributed by atoms with Crippen LogP contribution in [0.1, 0.15) is 6.92 Å². The Morgan fingerprint density at radius 3 is 2.35 bits per heavy atom. The number of benzene rings is 1. The Labute approximate surface area is 133 Å². The van der Waals surface area contributed by atoms with Gasteiger partial charge in [0.05, 0.1) is 12.3 Å². The average Bonchev–Trinajstić information content (AvgIpc) is 2.47. The summed E-state index contributed by atoms with van der Waals surface area (Å²) in [6.07, 6.45) is -5.33. The highest BCUT2D eigenvalue weighted by Crippen LogP contribution is 2.33. The fraction of sp³-hybridized carbons (Fsp3) is 0.385. The van der Waals surface area contributed by atoms with Gasteiger partial charge in [0.1, 0.15) is 11.7 Å². The number of hydrogen-bond acceptors (Lipinski definition) is 4. The first-order valence-electron chi connectivity index (χ1n) is 6.31. The van der Waals surface area contributed by atoms with E-state index in [2.05, 4.69) is 4.74 Å². The van der Waals surface area contributed by atoms with E-state index in [0.717, 1.165) is 12.1 Å². The van der Waals surface area contributed by atoms with Gasteiger partial charge in [-0.3, -0.25) is 4.79 Å². The number of rotatable bonds is 6. The van der Waals surface area contributed by atoms with E-state index in [1.54, 1.807) is 5.32 Å². The summed E-state index contributed by atoms with van der Waals surface area (Å²) in [6.45, 7) is 0.901. The molecule has 0 aliphatic carbocycles. The monoisotopic (exact) mass is 356 g/mol. The van der Waals surface area contributed by atoms with Gasteiger partial charge in [0, 0.05) is 0 Å². The lowest BCUT2D eigenvalue weighted by atomic mass is 10.1. The van der Waals surface area contributed by atoms with Gasteiger partial charge in [-0.25, -0.2) is 9.18 Å². The van der Waals surface area contributed by atoms with E-state index in [-0.39, 0.29) is 6.61 Å². The third-order valence-corrected chi connectivity index (χ3v) is 2.89. The third kappa shape index (κ3) is 4.25. The molecule has 23 heavy (non-hydrogen) atoms. The first-order chi connectivity index (χ1) is 10.7. The molecule has 128 valence electrons. The molecule has 0 spiro atoms. The molecule has 1 atom stereocenters. The molecule has 0 saturated carbocycles. The second-order valence-corrected chi connectivity index (χ2v) is 4.52. The number of nitrogens with one attached hydrogen (secondary N) is 2. The largest absolute Gasteiger partial charge is 0.463 e. The zero-order chi connectivity index (χ0) is 17.7. The van der Waals surface area contributed by atoms with Crippen molar-refractivity contribution in [3.05, 3.63) is 30.1 Å². The minimum absolute atomic E-state index is 0.383. The predicted molar refractivity (Wildman–Crippen MR) is 74.3 cm³/mol. The molecule has 1 aromatic rings. The van der Waals surface area contributed by atoms with Crippen LogP contribution in [0.15, 0.2) is 24.3 Å². The third-order valence-electron chi connectivity index (χ3n) is 2.65. The lowest BCUT2D eigenvalue weighted by Gasteiger charge is -2.35. The Kier molecular flexibility index (Phi) is 6.20. The predicted octanol–water partition coefficient (Wildman–Crippen LogP) is 2.41. The maximum absolute atomic E-state index is 13.7. The number of carbonyl (C=O) groups excluding carboxylic acids is 2. The van der Waals surface area contributed by atoms with Gasteiger partial charge < -0.3 is 15.4 Å². The van der Waals surface area contributed by atoms with Gasteiger partial charge in [-0.2, -0.15) is 13.2 Å². The number of carbonyl (C=O) groups is 2. The fourth-order valence-corrected chi connectivity index (χ4v) is 1.70. The Morgan fingerprint density at radius 2 is 1.87 bits per heavy atom. The van der Waals surface area contributed by atoms with Gasteiger partial charge in [0.25, 0.3) is 0 Å². The molecule has 10 heteroatoms. The number of alkyl halides is 4. The molecule has 0 radical (unpaired) electrons. The minimum atomic E-state index is -5.33. The normalized spacial score (nSPS) is 13.8. The standard InChI is InChI=1S/C13H13ClF4N2O3/c1-2-23-11(22)12(13(16,17)18,20-10(21)7-14)19-9-6-4-3-5-8(9)15/h3-6,19H,2,7H2,1H3,(H,20,21). The molecule has 0 fully saturated rings. The SMILES string of the molecule is CCOC(=O)C(NC(=O)CCl)(Nc1ccccc1F)C(F)(F)F. The van der Waals surface area contributed by atoms with Gasteiger partial charge in [-0.15, -0.1) is 11.6 Å². The number of hydrogen-bond donors (Lipinski definition) is 2. The molecule has 1 rings (SSSR count). The molecule has 0 bridgehead atoms. The first-order valence-corrected chi connectivity index (χ1v) is 6.85. The number of amides is 1. The molecule has 0 aromatic heterocycles. The van der Waals surface area contributed by atoms with E-state index >= 15 is 0 Å². The van der Waals surface area contributed by atoms with Crippen LogP contribution < -0.4 is 10.6 Å². The summed E-state index contributed by atoms with van der Waals surface area (Å²) in [4.78, 5) is 23.3. The van der Waals surface area contributed by atoms with Crippen LogP contribution in [-0.2, 0) is 14.3 Å². The summed E-state index contributed by atoms with van der Waals surface area (Å²) in [5.74, 6) is -5.02. The van der Waals surface area contributed by atoms with E-state index in [9.17, 15) is 27.2 Å². The zero-order valence-corrected chi connectivity index (χ0v) is 12.6. The Morgan fingerprint density at radius 1 is 1.26 bits per heavy atom. The van der Waals surface area contributed by atoms with Crippen molar-refractivity contribution in [1.82, 2.24) is 5.32 Å². The highest BCUT2D eigenvalue weighted by molar-refractivity contribution is 6.27. The highest BCUT2D eigenvalue weighted by atomic mass is 35.5. The fourth-order valence-electron chi connectivity index (χ4n) is 1.64. The van der Waals surface area contributed by atoms with Gasteiger partial charge >= 0.3 is 17.8 Å². The molecule has 2 N–H and O–H groups in total. The second-order valence-electron chi connectivity index (χ2n) is 4.25. The quantitative estimate of drug-likeness (QED) is 0.355. The van der Waals surface area contributed by atoms with Crippen LogP contribution in [0.4, 0.5) is 23.2 Å². The average molecular weight is 357 g/mol. The zero-order valence-electron chi connectivity index (χ0n) is 11.8. The number of halogens is 5. The molecule has 0 aliphatic heterocycles. The summed E-state index contributed by atoms with van der Waals surface area (Å²) in [5, 5.41) is 3.12. The van der Waals surface area contributed by atoms with Crippen molar-refractivity contribution in [2.45, 2.75) is 18.8 Å². The van der Waals surface area contributed by atoms with Crippen molar-refractivity contribution in [3.8, 4) is 0 Å². The molecular weight excluding hydrogens is 344 g/mol. The van der Waals surface area contributed by atoms with E-state index in [4.69, 9.17) is 11.6 Å².